The number of halogens is 1. The Labute approximate surface area is 124 Å². The van der Waals surface area contributed by atoms with E-state index in [1.54, 1.807) is 12.1 Å². The Morgan fingerprint density at radius 3 is 2.89 bits per heavy atom. The maximum Gasteiger partial charge on any atom is 0.255 e. The second kappa shape index (κ2) is 5.37. The van der Waals surface area contributed by atoms with E-state index >= 15 is 0 Å². The van der Waals surface area contributed by atoms with E-state index in [1.165, 1.54) is 19.3 Å². The molecule has 2 fully saturated rings. The number of thiol groups is 1. The fourth-order valence-electron chi connectivity index (χ4n) is 3.54. The zero-order valence-electron chi connectivity index (χ0n) is 10.8. The molecule has 1 heterocycles. The summed E-state index contributed by atoms with van der Waals surface area (Å²) in [4.78, 5) is 15.6. The van der Waals surface area contributed by atoms with Crippen molar-refractivity contribution in [3.8, 4) is 0 Å². The van der Waals surface area contributed by atoms with Crippen LogP contribution < -0.4 is 0 Å². The van der Waals surface area contributed by atoms with Crippen LogP contribution in [0.1, 0.15) is 42.5 Å². The van der Waals surface area contributed by atoms with Gasteiger partial charge in [0, 0.05) is 17.5 Å². The lowest BCUT2D eigenvalue weighted by Crippen LogP contribution is -2.46. The lowest BCUT2D eigenvalue weighted by atomic mass is 9.91. The molecule has 19 heavy (non-hydrogen) atoms. The molecule has 1 saturated carbocycles. The fraction of sp³-hybridized carbons (Fsp3) is 0.533. The zero-order valence-corrected chi connectivity index (χ0v) is 12.5. The Hall–Kier alpha value is -0.670. The Morgan fingerprint density at radius 1 is 1.26 bits per heavy atom. The maximum absolute atomic E-state index is 12.7. The zero-order chi connectivity index (χ0) is 13.4. The van der Waals surface area contributed by atoms with Gasteiger partial charge in [0.15, 0.2) is 0 Å². The van der Waals surface area contributed by atoms with E-state index in [1.807, 2.05) is 6.07 Å². The molecule has 2 unspecified atom stereocenters. The van der Waals surface area contributed by atoms with Crippen molar-refractivity contribution < 1.29 is 4.79 Å². The minimum Gasteiger partial charge on any atom is -0.335 e. The molecule has 1 amide bonds. The number of carbonyl (C=O) groups is 1. The molecule has 1 aromatic carbocycles. The Balaban J connectivity index is 1.88. The SMILES string of the molecule is O=C(c1cc(S)ccc1Cl)N1CCCC2CCCC21. The number of likely N-dealkylation sites (tertiary alicyclic amines) is 1. The van der Waals surface area contributed by atoms with Gasteiger partial charge in [-0.25, -0.2) is 0 Å². The summed E-state index contributed by atoms with van der Waals surface area (Å²) >= 11 is 10.5. The third kappa shape index (κ3) is 2.50. The number of rotatable bonds is 1. The Bertz CT molecular complexity index is 505. The van der Waals surface area contributed by atoms with Gasteiger partial charge in [0.05, 0.1) is 10.6 Å². The number of fused-ring (bicyclic) bond motifs is 1. The summed E-state index contributed by atoms with van der Waals surface area (Å²) in [6, 6.07) is 5.79. The summed E-state index contributed by atoms with van der Waals surface area (Å²) in [5.74, 6) is 0.785. The van der Waals surface area contributed by atoms with Crippen LogP contribution in [0.3, 0.4) is 0 Å². The molecule has 1 saturated heterocycles. The summed E-state index contributed by atoms with van der Waals surface area (Å²) in [7, 11) is 0. The van der Waals surface area contributed by atoms with E-state index in [4.69, 9.17) is 11.6 Å². The molecule has 0 bridgehead atoms. The molecule has 0 radical (unpaired) electrons. The number of nitrogens with zero attached hydrogens (tertiary/aromatic N) is 1. The molecule has 1 aliphatic heterocycles. The first-order valence-corrected chi connectivity index (χ1v) is 7.79. The first kappa shape index (κ1) is 13.3. The molecular formula is C15H18ClNOS. The predicted molar refractivity (Wildman–Crippen MR) is 80.1 cm³/mol. The maximum atomic E-state index is 12.7. The Morgan fingerprint density at radius 2 is 2.05 bits per heavy atom. The van der Waals surface area contributed by atoms with Crippen LogP contribution in [-0.2, 0) is 0 Å². The van der Waals surface area contributed by atoms with Crippen molar-refractivity contribution in [3.63, 3.8) is 0 Å². The van der Waals surface area contributed by atoms with E-state index in [0.29, 0.717) is 22.5 Å². The monoisotopic (exact) mass is 295 g/mol. The number of amides is 1. The fourth-order valence-corrected chi connectivity index (χ4v) is 3.94. The molecule has 1 aliphatic carbocycles. The van der Waals surface area contributed by atoms with Crippen LogP contribution in [-0.4, -0.2) is 23.4 Å². The number of carbonyl (C=O) groups excluding carboxylic acids is 1. The quantitative estimate of drug-likeness (QED) is 0.776. The average Bonchev–Trinajstić information content (AvgIpc) is 2.89. The first-order valence-electron chi connectivity index (χ1n) is 6.96. The molecule has 3 rings (SSSR count). The summed E-state index contributed by atoms with van der Waals surface area (Å²) in [6.07, 6.45) is 6.06. The van der Waals surface area contributed by atoms with E-state index in [2.05, 4.69) is 17.5 Å². The minimum atomic E-state index is 0.0810. The molecule has 2 nitrogen and oxygen atoms in total. The molecular weight excluding hydrogens is 278 g/mol. The van der Waals surface area contributed by atoms with E-state index in [0.717, 1.165) is 24.3 Å². The summed E-state index contributed by atoms with van der Waals surface area (Å²) in [5, 5.41) is 0.530. The second-order valence-corrected chi connectivity index (χ2v) is 6.49. The molecule has 4 heteroatoms. The van der Waals surface area contributed by atoms with Crippen LogP contribution in [0.15, 0.2) is 23.1 Å². The minimum absolute atomic E-state index is 0.0810. The van der Waals surface area contributed by atoms with Crippen molar-refractivity contribution in [1.82, 2.24) is 4.90 Å². The van der Waals surface area contributed by atoms with Gasteiger partial charge in [0.25, 0.3) is 5.91 Å². The van der Waals surface area contributed by atoms with Gasteiger partial charge in [0.2, 0.25) is 0 Å². The van der Waals surface area contributed by atoms with Crippen molar-refractivity contribution in [2.75, 3.05) is 6.54 Å². The molecule has 1 aromatic rings. The summed E-state index contributed by atoms with van der Waals surface area (Å²) in [6.45, 7) is 0.868. The van der Waals surface area contributed by atoms with E-state index in [-0.39, 0.29) is 5.91 Å². The standard InChI is InChI=1S/C15H18ClNOS/c16-13-7-6-11(19)9-12(13)15(18)17-8-2-4-10-3-1-5-14(10)17/h6-7,9-10,14,19H,1-5,8H2. The highest BCUT2D eigenvalue weighted by atomic mass is 35.5. The van der Waals surface area contributed by atoms with Crippen LogP contribution in [0.5, 0.6) is 0 Å². The molecule has 0 spiro atoms. The van der Waals surface area contributed by atoms with Gasteiger partial charge in [-0.3, -0.25) is 4.79 Å². The van der Waals surface area contributed by atoms with Gasteiger partial charge in [-0.2, -0.15) is 0 Å². The van der Waals surface area contributed by atoms with Crippen LogP contribution in [0.25, 0.3) is 0 Å². The third-order valence-electron chi connectivity index (χ3n) is 4.43. The predicted octanol–water partition coefficient (Wildman–Crippen LogP) is 4.03. The van der Waals surface area contributed by atoms with Crippen LogP contribution in [0.4, 0.5) is 0 Å². The number of hydrogen-bond donors (Lipinski definition) is 1. The van der Waals surface area contributed by atoms with Gasteiger partial charge in [-0.1, -0.05) is 18.0 Å². The van der Waals surface area contributed by atoms with Gasteiger partial charge < -0.3 is 4.90 Å². The molecule has 0 N–H and O–H groups in total. The number of hydrogen-bond acceptors (Lipinski definition) is 2. The van der Waals surface area contributed by atoms with E-state index in [9.17, 15) is 4.79 Å². The summed E-state index contributed by atoms with van der Waals surface area (Å²) in [5.41, 5.74) is 0.599. The molecule has 0 aromatic heterocycles. The highest BCUT2D eigenvalue weighted by molar-refractivity contribution is 7.80. The Kier molecular flexibility index (Phi) is 3.77. The largest absolute Gasteiger partial charge is 0.335 e. The van der Waals surface area contributed by atoms with Crippen LogP contribution in [0, 0.1) is 5.92 Å². The molecule has 2 aliphatic rings. The number of benzene rings is 1. The summed E-state index contributed by atoms with van der Waals surface area (Å²) < 4.78 is 0. The average molecular weight is 296 g/mol. The highest BCUT2D eigenvalue weighted by Gasteiger charge is 2.37. The normalized spacial score (nSPS) is 26.3. The topological polar surface area (TPSA) is 20.3 Å². The van der Waals surface area contributed by atoms with Gasteiger partial charge >= 0.3 is 0 Å². The lowest BCUT2D eigenvalue weighted by Gasteiger charge is -2.38. The van der Waals surface area contributed by atoms with Crippen molar-refractivity contribution in [2.45, 2.75) is 43.0 Å². The van der Waals surface area contributed by atoms with Crippen LogP contribution >= 0.6 is 24.2 Å². The molecule has 2 atom stereocenters. The first-order chi connectivity index (χ1) is 9.16. The highest BCUT2D eigenvalue weighted by Crippen LogP contribution is 2.38. The van der Waals surface area contributed by atoms with Crippen molar-refractivity contribution in [1.29, 1.82) is 0 Å². The smallest absolute Gasteiger partial charge is 0.255 e. The van der Waals surface area contributed by atoms with Crippen molar-refractivity contribution >= 4 is 30.1 Å². The lowest BCUT2D eigenvalue weighted by molar-refractivity contribution is 0.0548. The van der Waals surface area contributed by atoms with Crippen LogP contribution in [0.2, 0.25) is 5.02 Å². The third-order valence-corrected chi connectivity index (χ3v) is 5.04. The van der Waals surface area contributed by atoms with Crippen molar-refractivity contribution in [2.24, 2.45) is 5.92 Å². The number of piperidine rings is 1. The van der Waals surface area contributed by atoms with Gasteiger partial charge in [0.1, 0.15) is 0 Å². The van der Waals surface area contributed by atoms with Gasteiger partial charge in [-0.05, 0) is 49.8 Å². The van der Waals surface area contributed by atoms with Crippen molar-refractivity contribution in [3.05, 3.63) is 28.8 Å². The van der Waals surface area contributed by atoms with Gasteiger partial charge in [-0.15, -0.1) is 12.6 Å². The second-order valence-electron chi connectivity index (χ2n) is 5.56. The molecule has 102 valence electrons. The van der Waals surface area contributed by atoms with E-state index < -0.39 is 0 Å².